The minimum Gasteiger partial charge on any atom is -0.295 e. The van der Waals surface area contributed by atoms with Crippen LogP contribution in [0.1, 0.15) is 53.4 Å². The van der Waals surface area contributed by atoms with Gasteiger partial charge in [0, 0.05) is 6.42 Å². The molecule has 0 radical (unpaired) electrons. The largest absolute Gasteiger partial charge is 0.295 e. The molecule has 88 valence electrons. The lowest BCUT2D eigenvalue weighted by Crippen LogP contribution is -2.34. The van der Waals surface area contributed by atoms with Crippen molar-refractivity contribution >= 4 is 5.78 Å². The fourth-order valence-corrected chi connectivity index (χ4v) is 3.16. The van der Waals surface area contributed by atoms with E-state index in [4.69, 9.17) is 0 Å². The van der Waals surface area contributed by atoms with Gasteiger partial charge in [0.15, 0.2) is 5.78 Å². The molecule has 1 heteroatoms. The maximum Gasteiger partial charge on any atom is 0.158 e. The van der Waals surface area contributed by atoms with Gasteiger partial charge in [0.05, 0.1) is 0 Å². The minimum atomic E-state index is 0.232. The molecule has 16 heavy (non-hydrogen) atoms. The second kappa shape index (κ2) is 3.87. The van der Waals surface area contributed by atoms with Gasteiger partial charge in [-0.2, -0.15) is 0 Å². The summed E-state index contributed by atoms with van der Waals surface area (Å²) in [6.45, 7) is 8.82. The van der Waals surface area contributed by atoms with Gasteiger partial charge >= 0.3 is 0 Å². The van der Waals surface area contributed by atoms with Gasteiger partial charge in [-0.15, -0.1) is 0 Å². The van der Waals surface area contributed by atoms with Crippen LogP contribution in [0, 0.1) is 11.3 Å². The van der Waals surface area contributed by atoms with Gasteiger partial charge in [0.2, 0.25) is 0 Å². The van der Waals surface area contributed by atoms with Crippen LogP contribution in [0.3, 0.4) is 0 Å². The highest BCUT2D eigenvalue weighted by atomic mass is 16.1. The molecule has 0 saturated heterocycles. The normalized spacial score (nSPS) is 35.6. The van der Waals surface area contributed by atoms with Crippen molar-refractivity contribution in [1.82, 2.24) is 0 Å². The van der Waals surface area contributed by atoms with Crippen molar-refractivity contribution in [1.29, 1.82) is 0 Å². The lowest BCUT2D eigenvalue weighted by Gasteiger charge is -2.41. The quantitative estimate of drug-likeness (QED) is 0.561. The summed E-state index contributed by atoms with van der Waals surface area (Å²) in [4.78, 5) is 11.9. The second-order valence-corrected chi connectivity index (χ2v) is 5.80. The molecular weight excluding hydrogens is 196 g/mol. The van der Waals surface area contributed by atoms with E-state index in [0.717, 1.165) is 31.3 Å². The van der Waals surface area contributed by atoms with Crippen molar-refractivity contribution in [3.05, 3.63) is 22.8 Å². The standard InChI is InChI=1S/C15H22O/c1-10-5-6-13-12(3)14(16)9-11(2)15(13,4)8-7-10/h7,11H,5-6,8-9H2,1-4H3. The summed E-state index contributed by atoms with van der Waals surface area (Å²) < 4.78 is 0. The Balaban J connectivity index is 2.49. The first kappa shape index (κ1) is 11.6. The van der Waals surface area contributed by atoms with Crippen LogP contribution in [0.5, 0.6) is 0 Å². The molecule has 2 aliphatic carbocycles. The third-order valence-electron chi connectivity index (χ3n) is 4.78. The molecule has 0 aromatic carbocycles. The lowest BCUT2D eigenvalue weighted by molar-refractivity contribution is -0.118. The van der Waals surface area contributed by atoms with Crippen molar-refractivity contribution in [3.8, 4) is 0 Å². The fraction of sp³-hybridized carbons (Fsp3) is 0.667. The number of ketones is 1. The molecule has 0 fully saturated rings. The summed E-state index contributed by atoms with van der Waals surface area (Å²) in [6, 6.07) is 0. The van der Waals surface area contributed by atoms with E-state index in [1.54, 1.807) is 0 Å². The Morgan fingerprint density at radius 1 is 1.31 bits per heavy atom. The van der Waals surface area contributed by atoms with Gasteiger partial charge in [-0.3, -0.25) is 4.79 Å². The Hall–Kier alpha value is -0.850. The number of Topliss-reactive ketones (excluding diaryl/α,β-unsaturated/α-hetero) is 1. The molecule has 0 heterocycles. The monoisotopic (exact) mass is 218 g/mol. The van der Waals surface area contributed by atoms with Crippen LogP contribution in [-0.4, -0.2) is 5.78 Å². The molecule has 2 rings (SSSR count). The van der Waals surface area contributed by atoms with E-state index in [0.29, 0.717) is 11.7 Å². The van der Waals surface area contributed by atoms with E-state index >= 15 is 0 Å². The molecule has 2 aliphatic rings. The van der Waals surface area contributed by atoms with Crippen molar-refractivity contribution < 1.29 is 4.79 Å². The number of fused-ring (bicyclic) bond motifs is 1. The molecule has 2 atom stereocenters. The molecule has 0 amide bonds. The van der Waals surface area contributed by atoms with Crippen LogP contribution >= 0.6 is 0 Å². The third kappa shape index (κ3) is 1.66. The Kier molecular flexibility index (Phi) is 2.81. The first-order valence-corrected chi connectivity index (χ1v) is 6.34. The first-order valence-electron chi connectivity index (χ1n) is 6.34. The molecule has 1 nitrogen and oxygen atoms in total. The number of rotatable bonds is 0. The summed E-state index contributed by atoms with van der Waals surface area (Å²) >= 11 is 0. The van der Waals surface area contributed by atoms with E-state index in [2.05, 4.69) is 26.8 Å². The average Bonchev–Trinajstić information content (AvgIpc) is 2.38. The summed E-state index contributed by atoms with van der Waals surface area (Å²) in [6.07, 6.45) is 6.44. The van der Waals surface area contributed by atoms with Gasteiger partial charge in [-0.05, 0) is 50.0 Å². The molecule has 0 spiro atoms. The molecule has 0 aromatic rings. The summed E-state index contributed by atoms with van der Waals surface area (Å²) in [5, 5.41) is 0. The summed E-state index contributed by atoms with van der Waals surface area (Å²) in [5.41, 5.74) is 4.21. The zero-order chi connectivity index (χ0) is 11.9. The zero-order valence-corrected chi connectivity index (χ0v) is 10.9. The fourth-order valence-electron chi connectivity index (χ4n) is 3.16. The molecule has 0 bridgehead atoms. The second-order valence-electron chi connectivity index (χ2n) is 5.80. The van der Waals surface area contributed by atoms with Gasteiger partial charge in [0.1, 0.15) is 0 Å². The Morgan fingerprint density at radius 2 is 2.00 bits per heavy atom. The first-order chi connectivity index (χ1) is 7.45. The van der Waals surface area contributed by atoms with Crippen LogP contribution in [0.15, 0.2) is 22.8 Å². The number of allylic oxidation sites excluding steroid dienone is 4. The molecular formula is C15H22O. The maximum absolute atomic E-state index is 11.9. The van der Waals surface area contributed by atoms with Crippen LogP contribution in [0.2, 0.25) is 0 Å². The van der Waals surface area contributed by atoms with Crippen LogP contribution in [0.4, 0.5) is 0 Å². The van der Waals surface area contributed by atoms with E-state index < -0.39 is 0 Å². The SMILES string of the molecule is CC1=CCC2(C)C(=C(C)C(=O)CC2C)CC1. The van der Waals surface area contributed by atoms with Crippen LogP contribution < -0.4 is 0 Å². The van der Waals surface area contributed by atoms with E-state index in [-0.39, 0.29) is 5.41 Å². The predicted octanol–water partition coefficient (Wildman–Crippen LogP) is 4.05. The van der Waals surface area contributed by atoms with Crippen molar-refractivity contribution in [3.63, 3.8) is 0 Å². The van der Waals surface area contributed by atoms with Gasteiger partial charge in [-0.25, -0.2) is 0 Å². The van der Waals surface area contributed by atoms with Gasteiger partial charge in [0.25, 0.3) is 0 Å². The van der Waals surface area contributed by atoms with Crippen molar-refractivity contribution in [2.75, 3.05) is 0 Å². The molecule has 2 unspecified atom stereocenters. The lowest BCUT2D eigenvalue weighted by atomic mass is 9.62. The maximum atomic E-state index is 11.9. The third-order valence-corrected chi connectivity index (χ3v) is 4.78. The Labute approximate surface area is 98.6 Å². The molecule has 0 aromatic heterocycles. The van der Waals surface area contributed by atoms with Crippen LogP contribution in [-0.2, 0) is 4.79 Å². The topological polar surface area (TPSA) is 17.1 Å². The van der Waals surface area contributed by atoms with E-state index in [1.807, 2.05) is 6.92 Å². The Bertz CT molecular complexity index is 386. The highest BCUT2D eigenvalue weighted by Crippen LogP contribution is 2.49. The van der Waals surface area contributed by atoms with Gasteiger partial charge in [-0.1, -0.05) is 31.1 Å². The number of hydrogen-bond donors (Lipinski definition) is 0. The van der Waals surface area contributed by atoms with Crippen LogP contribution in [0.25, 0.3) is 0 Å². The average molecular weight is 218 g/mol. The summed E-state index contributed by atoms with van der Waals surface area (Å²) in [7, 11) is 0. The number of carbonyl (C=O) groups is 1. The van der Waals surface area contributed by atoms with E-state index in [9.17, 15) is 4.79 Å². The highest BCUT2D eigenvalue weighted by molar-refractivity contribution is 5.97. The zero-order valence-electron chi connectivity index (χ0n) is 10.9. The predicted molar refractivity (Wildman–Crippen MR) is 67.2 cm³/mol. The Morgan fingerprint density at radius 3 is 2.69 bits per heavy atom. The molecule has 0 aliphatic heterocycles. The number of carbonyl (C=O) groups excluding carboxylic acids is 1. The summed E-state index contributed by atoms with van der Waals surface area (Å²) in [5.74, 6) is 0.861. The minimum absolute atomic E-state index is 0.232. The van der Waals surface area contributed by atoms with Gasteiger partial charge < -0.3 is 0 Å². The number of hydrogen-bond acceptors (Lipinski definition) is 1. The van der Waals surface area contributed by atoms with Crippen molar-refractivity contribution in [2.45, 2.75) is 53.4 Å². The van der Waals surface area contributed by atoms with E-state index in [1.165, 1.54) is 11.1 Å². The smallest absolute Gasteiger partial charge is 0.158 e. The molecule has 0 N–H and O–H groups in total. The highest BCUT2D eigenvalue weighted by Gasteiger charge is 2.41. The van der Waals surface area contributed by atoms with Crippen molar-refractivity contribution in [2.24, 2.45) is 11.3 Å². The molecule has 0 saturated carbocycles.